The van der Waals surface area contributed by atoms with Crippen molar-refractivity contribution in [2.45, 2.75) is 58.7 Å². The van der Waals surface area contributed by atoms with E-state index in [2.05, 4.69) is 57.3 Å². The van der Waals surface area contributed by atoms with Crippen molar-refractivity contribution >= 4 is 5.91 Å². The van der Waals surface area contributed by atoms with Gasteiger partial charge in [-0.05, 0) is 46.1 Å². The van der Waals surface area contributed by atoms with Crippen LogP contribution in [0.3, 0.4) is 0 Å². The summed E-state index contributed by atoms with van der Waals surface area (Å²) in [6.45, 7) is 9.50. The molecule has 0 atom stereocenters. The molecule has 1 amide bonds. The number of hydrogen-bond donors (Lipinski definition) is 1. The van der Waals surface area contributed by atoms with Crippen molar-refractivity contribution in [2.75, 3.05) is 6.54 Å². The zero-order valence-corrected chi connectivity index (χ0v) is 13.1. The average molecular weight is 274 g/mol. The Morgan fingerprint density at radius 3 is 2.60 bits per heavy atom. The van der Waals surface area contributed by atoms with E-state index in [1.54, 1.807) is 0 Å². The number of nitrogens with zero attached hydrogens (tertiary/aromatic N) is 1. The smallest absolute Gasteiger partial charge is 0.237 e. The van der Waals surface area contributed by atoms with Crippen LogP contribution in [-0.4, -0.2) is 28.9 Å². The fourth-order valence-corrected chi connectivity index (χ4v) is 2.26. The third kappa shape index (κ3) is 4.64. The Hall–Kier alpha value is -1.35. The summed E-state index contributed by atoms with van der Waals surface area (Å²) in [7, 11) is 0. The zero-order chi connectivity index (χ0) is 14.8. The second-order valence-corrected chi connectivity index (χ2v) is 6.85. The van der Waals surface area contributed by atoms with Gasteiger partial charge in [0, 0.05) is 18.1 Å². The number of rotatable bonds is 5. The minimum absolute atomic E-state index is 0.0196. The van der Waals surface area contributed by atoms with Crippen LogP contribution in [0.25, 0.3) is 0 Å². The quantitative estimate of drug-likeness (QED) is 0.895. The Labute approximate surface area is 122 Å². The first kappa shape index (κ1) is 15.0. The van der Waals surface area contributed by atoms with Gasteiger partial charge in [0.1, 0.15) is 0 Å². The van der Waals surface area contributed by atoms with Crippen LogP contribution < -0.4 is 5.32 Å². The van der Waals surface area contributed by atoms with Crippen LogP contribution in [-0.2, 0) is 11.3 Å². The van der Waals surface area contributed by atoms with Gasteiger partial charge in [0.15, 0.2) is 0 Å². The maximum absolute atomic E-state index is 12.4. The highest BCUT2D eigenvalue weighted by Gasteiger charge is 2.32. The SMILES string of the molecule is Cc1cccc(CN(C(=O)CNC(C)(C)C)C2CC2)c1. The Bertz CT molecular complexity index is 472. The van der Waals surface area contributed by atoms with Crippen LogP contribution in [0, 0.1) is 6.92 Å². The van der Waals surface area contributed by atoms with E-state index >= 15 is 0 Å². The van der Waals surface area contributed by atoms with Crippen LogP contribution in [0.2, 0.25) is 0 Å². The van der Waals surface area contributed by atoms with Gasteiger partial charge in [0.05, 0.1) is 6.54 Å². The van der Waals surface area contributed by atoms with Gasteiger partial charge < -0.3 is 10.2 Å². The molecule has 2 rings (SSSR count). The molecular formula is C17H26N2O. The van der Waals surface area contributed by atoms with E-state index in [1.807, 2.05) is 4.90 Å². The molecule has 0 heterocycles. The molecule has 0 unspecified atom stereocenters. The number of nitrogens with one attached hydrogen (secondary N) is 1. The van der Waals surface area contributed by atoms with E-state index in [9.17, 15) is 4.79 Å². The lowest BCUT2D eigenvalue weighted by atomic mass is 10.1. The molecule has 1 aromatic carbocycles. The molecule has 1 aromatic rings. The van der Waals surface area contributed by atoms with Gasteiger partial charge in [-0.15, -0.1) is 0 Å². The molecular weight excluding hydrogens is 248 g/mol. The van der Waals surface area contributed by atoms with Crippen molar-refractivity contribution in [3.05, 3.63) is 35.4 Å². The number of benzene rings is 1. The molecule has 3 heteroatoms. The lowest BCUT2D eigenvalue weighted by molar-refractivity contribution is -0.131. The summed E-state index contributed by atoms with van der Waals surface area (Å²) >= 11 is 0. The molecule has 0 spiro atoms. The first-order chi connectivity index (χ1) is 9.35. The van der Waals surface area contributed by atoms with Gasteiger partial charge in [-0.1, -0.05) is 29.8 Å². The van der Waals surface area contributed by atoms with Gasteiger partial charge in [0.25, 0.3) is 0 Å². The molecule has 0 radical (unpaired) electrons. The van der Waals surface area contributed by atoms with Crippen molar-refractivity contribution in [1.82, 2.24) is 10.2 Å². The number of amides is 1. The summed E-state index contributed by atoms with van der Waals surface area (Å²) in [6.07, 6.45) is 2.29. The molecule has 0 aliphatic heterocycles. The lowest BCUT2D eigenvalue weighted by Gasteiger charge is -2.26. The Morgan fingerprint density at radius 1 is 1.35 bits per heavy atom. The zero-order valence-electron chi connectivity index (χ0n) is 13.1. The third-order valence-corrected chi connectivity index (χ3v) is 3.51. The molecule has 0 aromatic heterocycles. The summed E-state index contributed by atoms with van der Waals surface area (Å²) in [5.74, 6) is 0.212. The van der Waals surface area contributed by atoms with Crippen molar-refractivity contribution in [3.8, 4) is 0 Å². The predicted molar refractivity (Wildman–Crippen MR) is 82.5 cm³/mol. The fourth-order valence-electron chi connectivity index (χ4n) is 2.26. The van der Waals surface area contributed by atoms with E-state index < -0.39 is 0 Å². The van der Waals surface area contributed by atoms with E-state index in [1.165, 1.54) is 11.1 Å². The monoisotopic (exact) mass is 274 g/mol. The van der Waals surface area contributed by atoms with E-state index in [0.29, 0.717) is 12.6 Å². The lowest BCUT2D eigenvalue weighted by Crippen LogP contribution is -2.45. The molecule has 0 saturated heterocycles. The van der Waals surface area contributed by atoms with Crippen LogP contribution >= 0.6 is 0 Å². The Balaban J connectivity index is 1.98. The Morgan fingerprint density at radius 2 is 2.05 bits per heavy atom. The van der Waals surface area contributed by atoms with Crippen LogP contribution in [0.15, 0.2) is 24.3 Å². The topological polar surface area (TPSA) is 32.3 Å². The highest BCUT2D eigenvalue weighted by atomic mass is 16.2. The minimum atomic E-state index is -0.0196. The first-order valence-corrected chi connectivity index (χ1v) is 7.45. The number of hydrogen-bond acceptors (Lipinski definition) is 2. The van der Waals surface area contributed by atoms with Gasteiger partial charge in [-0.2, -0.15) is 0 Å². The minimum Gasteiger partial charge on any atom is -0.334 e. The molecule has 1 N–H and O–H groups in total. The van der Waals surface area contributed by atoms with Gasteiger partial charge >= 0.3 is 0 Å². The maximum atomic E-state index is 12.4. The molecule has 1 aliphatic carbocycles. The van der Waals surface area contributed by atoms with Crippen molar-refractivity contribution in [1.29, 1.82) is 0 Å². The second kappa shape index (κ2) is 5.96. The standard InChI is InChI=1S/C17H26N2O/c1-13-6-5-7-14(10-13)12-19(15-8-9-15)16(20)11-18-17(2,3)4/h5-7,10,15,18H,8-9,11-12H2,1-4H3. The molecule has 3 nitrogen and oxygen atoms in total. The normalized spacial score (nSPS) is 15.2. The van der Waals surface area contributed by atoms with Gasteiger partial charge in [-0.25, -0.2) is 0 Å². The van der Waals surface area contributed by atoms with Crippen LogP contribution in [0.5, 0.6) is 0 Å². The number of aryl methyl sites for hydroxylation is 1. The van der Waals surface area contributed by atoms with E-state index in [0.717, 1.165) is 19.4 Å². The molecule has 1 aliphatic rings. The van der Waals surface area contributed by atoms with Crippen molar-refractivity contribution in [2.24, 2.45) is 0 Å². The van der Waals surface area contributed by atoms with Crippen molar-refractivity contribution < 1.29 is 4.79 Å². The number of carbonyl (C=O) groups excluding carboxylic acids is 1. The summed E-state index contributed by atoms with van der Waals surface area (Å²) in [6, 6.07) is 8.87. The maximum Gasteiger partial charge on any atom is 0.237 e. The molecule has 20 heavy (non-hydrogen) atoms. The summed E-state index contributed by atoms with van der Waals surface area (Å²) in [4.78, 5) is 14.5. The molecule has 110 valence electrons. The summed E-state index contributed by atoms with van der Waals surface area (Å²) < 4.78 is 0. The van der Waals surface area contributed by atoms with E-state index in [4.69, 9.17) is 0 Å². The average Bonchev–Trinajstić information content (AvgIpc) is 3.16. The summed E-state index contributed by atoms with van der Waals surface area (Å²) in [5.41, 5.74) is 2.45. The summed E-state index contributed by atoms with van der Waals surface area (Å²) in [5, 5.41) is 3.29. The Kier molecular flexibility index (Phi) is 4.48. The molecule has 0 bridgehead atoms. The largest absolute Gasteiger partial charge is 0.334 e. The van der Waals surface area contributed by atoms with Gasteiger partial charge in [0.2, 0.25) is 5.91 Å². The highest BCUT2D eigenvalue weighted by molar-refractivity contribution is 5.79. The number of carbonyl (C=O) groups is 1. The molecule has 1 saturated carbocycles. The van der Waals surface area contributed by atoms with Crippen molar-refractivity contribution in [3.63, 3.8) is 0 Å². The van der Waals surface area contributed by atoms with Crippen LogP contribution in [0.4, 0.5) is 0 Å². The second-order valence-electron chi connectivity index (χ2n) is 6.85. The highest BCUT2D eigenvalue weighted by Crippen LogP contribution is 2.28. The van der Waals surface area contributed by atoms with E-state index in [-0.39, 0.29) is 11.4 Å². The molecule has 1 fully saturated rings. The first-order valence-electron chi connectivity index (χ1n) is 7.45. The van der Waals surface area contributed by atoms with Gasteiger partial charge in [-0.3, -0.25) is 4.79 Å². The third-order valence-electron chi connectivity index (χ3n) is 3.51. The fraction of sp³-hybridized carbons (Fsp3) is 0.588. The van der Waals surface area contributed by atoms with Crippen LogP contribution in [0.1, 0.15) is 44.7 Å². The predicted octanol–water partition coefficient (Wildman–Crippen LogP) is 2.87.